The van der Waals surface area contributed by atoms with Crippen LogP contribution in [0.3, 0.4) is 0 Å². The Hall–Kier alpha value is -1.62. The van der Waals surface area contributed by atoms with E-state index >= 15 is 0 Å². The highest BCUT2D eigenvalue weighted by Gasteiger charge is 2.29. The number of carbonyl (C=O) groups is 1. The number of amides is 1. The third-order valence-electron chi connectivity index (χ3n) is 3.53. The SMILES string of the molecule is CCC1CN(C(=O)c2cc[nH]c(=O)c2)CCC1O. The second kappa shape index (κ2) is 5.35. The molecule has 1 aliphatic rings. The summed E-state index contributed by atoms with van der Waals surface area (Å²) < 4.78 is 0. The van der Waals surface area contributed by atoms with Crippen LogP contribution in [0.15, 0.2) is 23.1 Å². The summed E-state index contributed by atoms with van der Waals surface area (Å²) in [7, 11) is 0. The van der Waals surface area contributed by atoms with Gasteiger partial charge in [-0.25, -0.2) is 0 Å². The smallest absolute Gasteiger partial charge is 0.254 e. The number of rotatable bonds is 2. The lowest BCUT2D eigenvalue weighted by atomic mass is 9.92. The molecule has 1 amide bonds. The van der Waals surface area contributed by atoms with Gasteiger partial charge < -0.3 is 15.0 Å². The van der Waals surface area contributed by atoms with E-state index in [2.05, 4.69) is 4.98 Å². The molecule has 98 valence electrons. The number of carbonyl (C=O) groups excluding carboxylic acids is 1. The van der Waals surface area contributed by atoms with Crippen molar-refractivity contribution in [2.75, 3.05) is 13.1 Å². The molecule has 0 spiro atoms. The molecule has 1 aromatic rings. The Morgan fingerprint density at radius 1 is 1.61 bits per heavy atom. The molecule has 2 rings (SSSR count). The third-order valence-corrected chi connectivity index (χ3v) is 3.53. The van der Waals surface area contributed by atoms with Crippen molar-refractivity contribution in [3.8, 4) is 0 Å². The van der Waals surface area contributed by atoms with Crippen molar-refractivity contribution in [1.29, 1.82) is 0 Å². The molecule has 5 nitrogen and oxygen atoms in total. The molecule has 5 heteroatoms. The summed E-state index contributed by atoms with van der Waals surface area (Å²) in [5.41, 5.74) is 0.134. The first-order valence-electron chi connectivity index (χ1n) is 6.28. The van der Waals surface area contributed by atoms with E-state index < -0.39 is 0 Å². The van der Waals surface area contributed by atoms with Crippen molar-refractivity contribution in [1.82, 2.24) is 9.88 Å². The van der Waals surface area contributed by atoms with Gasteiger partial charge in [-0.2, -0.15) is 0 Å². The molecule has 2 N–H and O–H groups in total. The molecule has 1 fully saturated rings. The number of hydrogen-bond donors (Lipinski definition) is 2. The summed E-state index contributed by atoms with van der Waals surface area (Å²) in [6.45, 7) is 3.11. The minimum absolute atomic E-state index is 0.129. The molecule has 0 bridgehead atoms. The van der Waals surface area contributed by atoms with Crippen LogP contribution >= 0.6 is 0 Å². The van der Waals surface area contributed by atoms with Gasteiger partial charge in [0.15, 0.2) is 0 Å². The average molecular weight is 250 g/mol. The number of likely N-dealkylation sites (tertiary alicyclic amines) is 1. The van der Waals surface area contributed by atoms with Crippen molar-refractivity contribution in [2.45, 2.75) is 25.9 Å². The number of H-pyrrole nitrogens is 1. The molecule has 1 aliphatic heterocycles. The molecule has 1 saturated heterocycles. The molecule has 0 radical (unpaired) electrons. The van der Waals surface area contributed by atoms with Crippen LogP contribution < -0.4 is 5.56 Å². The molecule has 0 saturated carbocycles. The van der Waals surface area contributed by atoms with E-state index in [1.54, 1.807) is 11.0 Å². The molecule has 2 heterocycles. The first-order valence-corrected chi connectivity index (χ1v) is 6.28. The highest BCUT2D eigenvalue weighted by atomic mass is 16.3. The zero-order chi connectivity index (χ0) is 13.1. The molecule has 1 aromatic heterocycles. The monoisotopic (exact) mass is 250 g/mol. The summed E-state index contributed by atoms with van der Waals surface area (Å²) in [6.07, 6.45) is 2.61. The quantitative estimate of drug-likeness (QED) is 0.807. The van der Waals surface area contributed by atoms with Gasteiger partial charge in [-0.1, -0.05) is 6.92 Å². The van der Waals surface area contributed by atoms with Gasteiger partial charge in [0.05, 0.1) is 6.10 Å². The summed E-state index contributed by atoms with van der Waals surface area (Å²) in [5.74, 6) is -0.00357. The second-order valence-electron chi connectivity index (χ2n) is 4.72. The van der Waals surface area contributed by atoms with E-state index in [1.165, 1.54) is 12.3 Å². The fraction of sp³-hybridized carbons (Fsp3) is 0.538. The predicted octanol–water partition coefficient (Wildman–Crippen LogP) is 0.608. The maximum atomic E-state index is 12.2. The van der Waals surface area contributed by atoms with Gasteiger partial charge in [0, 0.05) is 36.8 Å². The summed E-state index contributed by atoms with van der Waals surface area (Å²) in [6, 6.07) is 2.92. The standard InChI is InChI=1S/C13H18N2O3/c1-2-9-8-15(6-4-11(9)16)13(18)10-3-5-14-12(17)7-10/h3,5,7,9,11,16H,2,4,6,8H2,1H3,(H,14,17). The van der Waals surface area contributed by atoms with Crippen LogP contribution in [0.5, 0.6) is 0 Å². The van der Waals surface area contributed by atoms with Crippen molar-refractivity contribution in [3.63, 3.8) is 0 Å². The van der Waals surface area contributed by atoms with E-state index in [0.29, 0.717) is 25.1 Å². The van der Waals surface area contributed by atoms with Crippen LogP contribution in [0, 0.1) is 5.92 Å². The normalized spacial score (nSPS) is 24.0. The first kappa shape index (κ1) is 12.8. The van der Waals surface area contributed by atoms with Crippen LogP contribution in [0.1, 0.15) is 30.1 Å². The Morgan fingerprint density at radius 3 is 3.06 bits per heavy atom. The molecule has 18 heavy (non-hydrogen) atoms. The third kappa shape index (κ3) is 2.61. The zero-order valence-electron chi connectivity index (χ0n) is 10.4. The number of hydrogen-bond acceptors (Lipinski definition) is 3. The number of pyridine rings is 1. The van der Waals surface area contributed by atoms with E-state index in [9.17, 15) is 14.7 Å². The minimum atomic E-state index is -0.321. The van der Waals surface area contributed by atoms with Gasteiger partial charge in [0.2, 0.25) is 5.56 Å². The van der Waals surface area contributed by atoms with Crippen molar-refractivity contribution < 1.29 is 9.90 Å². The van der Waals surface area contributed by atoms with Crippen LogP contribution in [0.2, 0.25) is 0 Å². The first-order chi connectivity index (χ1) is 8.61. The van der Waals surface area contributed by atoms with Gasteiger partial charge >= 0.3 is 0 Å². The molecule has 0 aromatic carbocycles. The van der Waals surface area contributed by atoms with Crippen molar-refractivity contribution in [2.24, 2.45) is 5.92 Å². The Kier molecular flexibility index (Phi) is 3.81. The fourth-order valence-corrected chi connectivity index (χ4v) is 2.37. The minimum Gasteiger partial charge on any atom is -0.393 e. The number of piperidine rings is 1. The maximum Gasteiger partial charge on any atom is 0.254 e. The number of aromatic nitrogens is 1. The lowest BCUT2D eigenvalue weighted by molar-refractivity contribution is 0.0229. The van der Waals surface area contributed by atoms with Gasteiger partial charge in [0.1, 0.15) is 0 Å². The average Bonchev–Trinajstić information content (AvgIpc) is 2.38. The maximum absolute atomic E-state index is 12.2. The van der Waals surface area contributed by atoms with Crippen LogP contribution in [0.25, 0.3) is 0 Å². The number of nitrogens with zero attached hydrogens (tertiary/aromatic N) is 1. The topological polar surface area (TPSA) is 73.4 Å². The number of aliphatic hydroxyl groups excluding tert-OH is 1. The lowest BCUT2D eigenvalue weighted by Gasteiger charge is -2.35. The van der Waals surface area contributed by atoms with Gasteiger partial charge in [-0.3, -0.25) is 9.59 Å². The Balaban J connectivity index is 2.12. The Morgan fingerprint density at radius 2 is 2.39 bits per heavy atom. The molecular formula is C13H18N2O3. The largest absolute Gasteiger partial charge is 0.393 e. The Bertz CT molecular complexity index is 483. The van der Waals surface area contributed by atoms with Gasteiger partial charge in [-0.05, 0) is 18.9 Å². The molecule has 2 unspecified atom stereocenters. The summed E-state index contributed by atoms with van der Waals surface area (Å²) >= 11 is 0. The Labute approximate surface area is 105 Å². The summed E-state index contributed by atoms with van der Waals surface area (Å²) in [5, 5.41) is 9.79. The van der Waals surface area contributed by atoms with E-state index in [0.717, 1.165) is 6.42 Å². The predicted molar refractivity (Wildman–Crippen MR) is 67.4 cm³/mol. The van der Waals surface area contributed by atoms with E-state index in [4.69, 9.17) is 0 Å². The van der Waals surface area contributed by atoms with Gasteiger partial charge in [0.25, 0.3) is 5.91 Å². The van der Waals surface area contributed by atoms with E-state index in [-0.39, 0.29) is 23.5 Å². The zero-order valence-corrected chi connectivity index (χ0v) is 10.4. The van der Waals surface area contributed by atoms with Crippen LogP contribution in [0.4, 0.5) is 0 Å². The fourth-order valence-electron chi connectivity index (χ4n) is 2.37. The second-order valence-corrected chi connectivity index (χ2v) is 4.72. The molecule has 2 atom stereocenters. The van der Waals surface area contributed by atoms with Crippen LogP contribution in [-0.2, 0) is 0 Å². The van der Waals surface area contributed by atoms with Gasteiger partial charge in [-0.15, -0.1) is 0 Å². The van der Waals surface area contributed by atoms with Crippen LogP contribution in [-0.4, -0.2) is 40.1 Å². The molecule has 0 aliphatic carbocycles. The highest BCUT2D eigenvalue weighted by molar-refractivity contribution is 5.94. The van der Waals surface area contributed by atoms with E-state index in [1.807, 2.05) is 6.92 Å². The van der Waals surface area contributed by atoms with Crippen molar-refractivity contribution >= 4 is 5.91 Å². The molecular weight excluding hydrogens is 232 g/mol. The lowest BCUT2D eigenvalue weighted by Crippen LogP contribution is -2.45. The number of nitrogens with one attached hydrogen (secondary N) is 1. The van der Waals surface area contributed by atoms with Crippen molar-refractivity contribution in [3.05, 3.63) is 34.2 Å². The number of aromatic amines is 1. The summed E-state index contributed by atoms with van der Waals surface area (Å²) in [4.78, 5) is 27.6. The highest BCUT2D eigenvalue weighted by Crippen LogP contribution is 2.21. The number of aliphatic hydroxyl groups is 1.